The fraction of sp³-hybridized carbons (Fsp3) is 0.467. The van der Waals surface area contributed by atoms with E-state index in [4.69, 9.17) is 5.11 Å². The fourth-order valence-electron chi connectivity index (χ4n) is 2.16. The number of carboxylic acid groups (broad SMARTS) is 1. The summed E-state index contributed by atoms with van der Waals surface area (Å²) in [5.41, 5.74) is -2.72. The zero-order valence-electron chi connectivity index (χ0n) is 14.1. The number of nitrogens with one attached hydrogen (secondary N) is 2. The second-order valence-electron chi connectivity index (χ2n) is 5.79. The van der Waals surface area contributed by atoms with Crippen molar-refractivity contribution >= 4 is 21.9 Å². The quantitative estimate of drug-likeness (QED) is 0.620. The molecule has 7 nitrogen and oxygen atoms in total. The third-order valence-corrected chi connectivity index (χ3v) is 4.93. The summed E-state index contributed by atoms with van der Waals surface area (Å²) in [6, 6.07) is 3.04. The Hall–Kier alpha value is -2.14. The molecule has 146 valence electrons. The van der Waals surface area contributed by atoms with Crippen LogP contribution < -0.4 is 10.0 Å². The molecular weight excluding hydrogens is 377 g/mol. The molecule has 1 unspecified atom stereocenters. The van der Waals surface area contributed by atoms with Crippen LogP contribution in [-0.4, -0.2) is 37.5 Å². The molecule has 1 aromatic carbocycles. The van der Waals surface area contributed by atoms with E-state index >= 15 is 0 Å². The second-order valence-corrected chi connectivity index (χ2v) is 7.55. The highest BCUT2D eigenvalue weighted by Gasteiger charge is 2.34. The molecule has 0 bridgehead atoms. The number of alkyl halides is 3. The SMILES string of the molecule is CCCC(C)(NC(=O)CNS(=O)(=O)c1cccc(C(F)(F)F)c1)C(=O)O. The van der Waals surface area contributed by atoms with E-state index in [9.17, 15) is 31.2 Å². The van der Waals surface area contributed by atoms with Crippen molar-refractivity contribution < 1.29 is 36.3 Å². The molecule has 1 rings (SSSR count). The van der Waals surface area contributed by atoms with Crippen molar-refractivity contribution in [2.24, 2.45) is 0 Å². The number of benzene rings is 1. The number of amides is 1. The molecule has 0 aromatic heterocycles. The number of carboxylic acids is 1. The molecule has 26 heavy (non-hydrogen) atoms. The van der Waals surface area contributed by atoms with E-state index in [0.717, 1.165) is 18.2 Å². The number of carbonyl (C=O) groups excluding carboxylic acids is 1. The highest BCUT2D eigenvalue weighted by atomic mass is 32.2. The average Bonchev–Trinajstić information content (AvgIpc) is 2.52. The lowest BCUT2D eigenvalue weighted by Crippen LogP contribution is -2.54. The van der Waals surface area contributed by atoms with E-state index in [1.165, 1.54) is 6.92 Å². The Balaban J connectivity index is 2.86. The number of hydrogen-bond acceptors (Lipinski definition) is 4. The summed E-state index contributed by atoms with van der Waals surface area (Å²) in [5.74, 6) is -2.20. The highest BCUT2D eigenvalue weighted by molar-refractivity contribution is 7.89. The van der Waals surface area contributed by atoms with Crippen molar-refractivity contribution in [2.45, 2.75) is 43.3 Å². The summed E-state index contributed by atoms with van der Waals surface area (Å²) >= 11 is 0. The number of aliphatic carboxylic acids is 1. The van der Waals surface area contributed by atoms with Crippen LogP contribution in [0, 0.1) is 0 Å². The molecule has 0 aliphatic rings. The molecule has 1 atom stereocenters. The minimum absolute atomic E-state index is 0.119. The largest absolute Gasteiger partial charge is 0.480 e. The van der Waals surface area contributed by atoms with E-state index in [0.29, 0.717) is 12.5 Å². The van der Waals surface area contributed by atoms with Gasteiger partial charge in [0.25, 0.3) is 0 Å². The van der Waals surface area contributed by atoms with E-state index in [1.807, 2.05) is 4.72 Å². The molecule has 0 fully saturated rings. The normalized spacial score (nSPS) is 14.5. The van der Waals surface area contributed by atoms with Crippen LogP contribution in [0.1, 0.15) is 32.3 Å². The summed E-state index contributed by atoms with van der Waals surface area (Å²) < 4.78 is 64.0. The van der Waals surface area contributed by atoms with Gasteiger partial charge in [-0.1, -0.05) is 19.4 Å². The lowest BCUT2D eigenvalue weighted by atomic mass is 9.96. The molecule has 0 saturated carbocycles. The standard InChI is InChI=1S/C15H19F3N2O5S/c1-3-7-14(2,13(22)23)20-12(21)9-19-26(24,25)11-6-4-5-10(8-11)15(16,17)18/h4-6,8,19H,3,7,9H2,1-2H3,(H,20,21)(H,22,23). The maximum Gasteiger partial charge on any atom is 0.416 e. The maximum atomic E-state index is 12.7. The Morgan fingerprint density at radius 1 is 1.23 bits per heavy atom. The maximum absolute atomic E-state index is 12.7. The van der Waals surface area contributed by atoms with Crippen LogP contribution in [0.15, 0.2) is 29.2 Å². The lowest BCUT2D eigenvalue weighted by Gasteiger charge is -2.25. The van der Waals surface area contributed by atoms with Crippen molar-refractivity contribution in [1.82, 2.24) is 10.0 Å². The molecular formula is C15H19F3N2O5S. The molecule has 0 spiro atoms. The van der Waals surface area contributed by atoms with Crippen LogP contribution in [-0.2, 0) is 25.8 Å². The van der Waals surface area contributed by atoms with E-state index < -0.39 is 50.6 Å². The van der Waals surface area contributed by atoms with Gasteiger partial charge in [-0.15, -0.1) is 0 Å². The third kappa shape index (κ3) is 5.70. The Morgan fingerprint density at radius 3 is 2.35 bits per heavy atom. The Morgan fingerprint density at radius 2 is 1.85 bits per heavy atom. The summed E-state index contributed by atoms with van der Waals surface area (Å²) in [5, 5.41) is 11.4. The summed E-state index contributed by atoms with van der Waals surface area (Å²) in [6.45, 7) is 2.17. The number of halogens is 3. The summed E-state index contributed by atoms with van der Waals surface area (Å²) in [7, 11) is -4.38. The van der Waals surface area contributed by atoms with E-state index in [1.54, 1.807) is 6.92 Å². The number of carbonyl (C=O) groups is 2. The number of sulfonamides is 1. The van der Waals surface area contributed by atoms with Crippen molar-refractivity contribution in [2.75, 3.05) is 6.54 Å². The number of rotatable bonds is 8. The molecule has 0 aliphatic heterocycles. The van der Waals surface area contributed by atoms with Gasteiger partial charge in [0.15, 0.2) is 0 Å². The first-order valence-corrected chi connectivity index (χ1v) is 9.01. The Bertz CT molecular complexity index is 780. The van der Waals surface area contributed by atoms with Gasteiger partial charge in [-0.25, -0.2) is 17.9 Å². The van der Waals surface area contributed by atoms with Crippen LogP contribution in [0.25, 0.3) is 0 Å². The molecule has 0 saturated heterocycles. The first-order chi connectivity index (χ1) is 11.8. The van der Waals surface area contributed by atoms with Crippen molar-refractivity contribution in [3.8, 4) is 0 Å². The molecule has 0 aliphatic carbocycles. The first kappa shape index (κ1) is 21.9. The minimum atomic E-state index is -4.72. The lowest BCUT2D eigenvalue weighted by molar-refractivity contribution is -0.147. The monoisotopic (exact) mass is 396 g/mol. The van der Waals surface area contributed by atoms with Gasteiger partial charge in [0.05, 0.1) is 17.0 Å². The van der Waals surface area contributed by atoms with Gasteiger partial charge in [0.1, 0.15) is 5.54 Å². The van der Waals surface area contributed by atoms with Crippen molar-refractivity contribution in [3.05, 3.63) is 29.8 Å². The van der Waals surface area contributed by atoms with Crippen LogP contribution in [0.2, 0.25) is 0 Å². The van der Waals surface area contributed by atoms with Crippen LogP contribution in [0.3, 0.4) is 0 Å². The average molecular weight is 396 g/mol. The van der Waals surface area contributed by atoms with Gasteiger partial charge >= 0.3 is 12.1 Å². The summed E-state index contributed by atoms with van der Waals surface area (Å²) in [6.07, 6.45) is -4.14. The van der Waals surface area contributed by atoms with E-state index in [2.05, 4.69) is 5.32 Å². The van der Waals surface area contributed by atoms with Crippen LogP contribution >= 0.6 is 0 Å². The first-order valence-electron chi connectivity index (χ1n) is 7.53. The van der Waals surface area contributed by atoms with Gasteiger partial charge in [0.2, 0.25) is 15.9 Å². The van der Waals surface area contributed by atoms with Crippen molar-refractivity contribution in [1.29, 1.82) is 0 Å². The topological polar surface area (TPSA) is 113 Å². The fourth-order valence-corrected chi connectivity index (χ4v) is 3.19. The molecule has 3 N–H and O–H groups in total. The van der Waals surface area contributed by atoms with Crippen molar-refractivity contribution in [3.63, 3.8) is 0 Å². The van der Waals surface area contributed by atoms with Gasteiger partial charge < -0.3 is 10.4 Å². The molecule has 1 amide bonds. The van der Waals surface area contributed by atoms with Gasteiger partial charge in [-0.3, -0.25) is 4.79 Å². The Labute approximate surface area is 148 Å². The molecule has 11 heteroatoms. The van der Waals surface area contributed by atoms with Crippen LogP contribution in [0.5, 0.6) is 0 Å². The zero-order chi connectivity index (χ0) is 20.2. The van der Waals surface area contributed by atoms with Crippen LogP contribution in [0.4, 0.5) is 13.2 Å². The van der Waals surface area contributed by atoms with Gasteiger partial charge in [0, 0.05) is 0 Å². The van der Waals surface area contributed by atoms with Gasteiger partial charge in [-0.05, 0) is 31.5 Å². The third-order valence-electron chi connectivity index (χ3n) is 3.53. The molecule has 0 radical (unpaired) electrons. The minimum Gasteiger partial charge on any atom is -0.480 e. The summed E-state index contributed by atoms with van der Waals surface area (Å²) in [4.78, 5) is 22.4. The highest BCUT2D eigenvalue weighted by Crippen LogP contribution is 2.30. The zero-order valence-corrected chi connectivity index (χ0v) is 14.9. The van der Waals surface area contributed by atoms with E-state index in [-0.39, 0.29) is 6.42 Å². The predicted octanol–water partition coefficient (Wildman–Crippen LogP) is 1.74. The second kappa shape index (κ2) is 8.04. The smallest absolute Gasteiger partial charge is 0.416 e. The predicted molar refractivity (Wildman–Crippen MR) is 85.7 cm³/mol. The molecule has 0 heterocycles. The Kier molecular flexibility index (Phi) is 6.77. The number of hydrogen-bond donors (Lipinski definition) is 3. The van der Waals surface area contributed by atoms with Gasteiger partial charge in [-0.2, -0.15) is 13.2 Å². The molecule has 1 aromatic rings.